The third kappa shape index (κ3) is 2.98. The van der Waals surface area contributed by atoms with E-state index in [1.165, 1.54) is 0 Å². The minimum Gasteiger partial charge on any atom is -0.444 e. The van der Waals surface area contributed by atoms with Crippen molar-refractivity contribution < 1.29 is 4.42 Å². The number of hydrogen-bond acceptors (Lipinski definition) is 4. The van der Waals surface area contributed by atoms with E-state index in [4.69, 9.17) is 4.42 Å². The summed E-state index contributed by atoms with van der Waals surface area (Å²) in [6.45, 7) is 8.87. The van der Waals surface area contributed by atoms with Gasteiger partial charge in [-0.25, -0.2) is 4.98 Å². The van der Waals surface area contributed by atoms with Gasteiger partial charge in [-0.15, -0.1) is 0 Å². The maximum atomic E-state index is 5.48. The third-order valence-electron chi connectivity index (χ3n) is 2.79. The van der Waals surface area contributed by atoms with E-state index < -0.39 is 0 Å². The molecule has 2 aromatic heterocycles. The van der Waals surface area contributed by atoms with Crippen molar-refractivity contribution in [2.45, 2.75) is 46.3 Å². The van der Waals surface area contributed by atoms with Crippen molar-refractivity contribution >= 4 is 0 Å². The molecule has 2 aromatic rings. The minimum absolute atomic E-state index is 0.0860. The molecule has 0 amide bonds. The molecule has 0 aliphatic heterocycles. The molecule has 2 rings (SSSR count). The lowest BCUT2D eigenvalue weighted by Gasteiger charge is -2.09. The first-order valence-corrected chi connectivity index (χ1v) is 6.26. The average molecular weight is 248 g/mol. The van der Waals surface area contributed by atoms with Crippen molar-refractivity contribution in [3.8, 4) is 0 Å². The predicted molar refractivity (Wildman–Crippen MR) is 69.1 cm³/mol. The second-order valence-corrected chi connectivity index (χ2v) is 4.79. The molecule has 0 aromatic carbocycles. The monoisotopic (exact) mass is 248 g/mol. The van der Waals surface area contributed by atoms with Crippen LogP contribution in [0.15, 0.2) is 22.9 Å². The number of aromatic nitrogens is 3. The van der Waals surface area contributed by atoms with E-state index in [-0.39, 0.29) is 6.04 Å². The number of nitrogens with one attached hydrogen (secondary N) is 1. The number of hydrogen-bond donors (Lipinski definition) is 1. The Morgan fingerprint density at radius 2 is 2.17 bits per heavy atom. The standard InChI is InChI=1S/C13H20N4O/c1-9(2)17-6-5-12(16-17)8-14-11(4)13-15-7-10(3)18-13/h5-7,9,11,14H,8H2,1-4H3. The van der Waals surface area contributed by atoms with Gasteiger partial charge < -0.3 is 9.73 Å². The zero-order chi connectivity index (χ0) is 13.1. The lowest BCUT2D eigenvalue weighted by Crippen LogP contribution is -2.19. The van der Waals surface area contributed by atoms with Crippen LogP contribution < -0.4 is 5.32 Å². The number of rotatable bonds is 5. The number of oxazole rings is 1. The molecule has 2 heterocycles. The van der Waals surface area contributed by atoms with Crippen molar-refractivity contribution in [1.29, 1.82) is 0 Å². The molecule has 0 radical (unpaired) electrons. The van der Waals surface area contributed by atoms with Crippen LogP contribution in [0.3, 0.4) is 0 Å². The summed E-state index contributed by atoms with van der Waals surface area (Å²) >= 11 is 0. The highest BCUT2D eigenvalue weighted by Crippen LogP contribution is 2.12. The van der Waals surface area contributed by atoms with E-state index in [0.29, 0.717) is 12.6 Å². The maximum absolute atomic E-state index is 5.48. The van der Waals surface area contributed by atoms with Crippen LogP contribution in [0.2, 0.25) is 0 Å². The summed E-state index contributed by atoms with van der Waals surface area (Å²) in [6.07, 6.45) is 3.74. The lowest BCUT2D eigenvalue weighted by molar-refractivity contribution is 0.400. The van der Waals surface area contributed by atoms with E-state index in [2.05, 4.69) is 29.2 Å². The average Bonchev–Trinajstić information content (AvgIpc) is 2.94. The summed E-state index contributed by atoms with van der Waals surface area (Å²) in [5, 5.41) is 7.83. The van der Waals surface area contributed by atoms with Gasteiger partial charge in [0, 0.05) is 18.8 Å². The first kappa shape index (κ1) is 12.8. The van der Waals surface area contributed by atoms with Crippen LogP contribution in [-0.4, -0.2) is 14.8 Å². The summed E-state index contributed by atoms with van der Waals surface area (Å²) in [5.74, 6) is 1.55. The van der Waals surface area contributed by atoms with Crippen molar-refractivity contribution in [2.24, 2.45) is 0 Å². The summed E-state index contributed by atoms with van der Waals surface area (Å²) in [6, 6.07) is 2.51. The fourth-order valence-corrected chi connectivity index (χ4v) is 1.68. The zero-order valence-corrected chi connectivity index (χ0v) is 11.3. The molecule has 0 saturated heterocycles. The minimum atomic E-state index is 0.0860. The van der Waals surface area contributed by atoms with Crippen LogP contribution in [0.25, 0.3) is 0 Å². The Balaban J connectivity index is 1.90. The normalized spacial score (nSPS) is 13.2. The Labute approximate surface area is 107 Å². The molecule has 0 fully saturated rings. The third-order valence-corrected chi connectivity index (χ3v) is 2.79. The second-order valence-electron chi connectivity index (χ2n) is 4.79. The Bertz CT molecular complexity index is 501. The van der Waals surface area contributed by atoms with Crippen LogP contribution in [-0.2, 0) is 6.54 Å². The van der Waals surface area contributed by atoms with Gasteiger partial charge in [-0.3, -0.25) is 4.68 Å². The molecule has 0 aliphatic rings. The Hall–Kier alpha value is -1.62. The molecule has 0 bridgehead atoms. The van der Waals surface area contributed by atoms with Gasteiger partial charge in [-0.1, -0.05) is 0 Å². The first-order valence-electron chi connectivity index (χ1n) is 6.26. The fourth-order valence-electron chi connectivity index (χ4n) is 1.68. The Morgan fingerprint density at radius 3 is 2.72 bits per heavy atom. The van der Waals surface area contributed by atoms with Crippen molar-refractivity contribution in [3.63, 3.8) is 0 Å². The molecule has 98 valence electrons. The molecule has 1 N–H and O–H groups in total. The molecule has 5 nitrogen and oxygen atoms in total. The second kappa shape index (κ2) is 5.35. The fraction of sp³-hybridized carbons (Fsp3) is 0.538. The van der Waals surface area contributed by atoms with E-state index in [1.807, 2.05) is 30.8 Å². The highest BCUT2D eigenvalue weighted by Gasteiger charge is 2.11. The van der Waals surface area contributed by atoms with Crippen LogP contribution in [0.1, 0.15) is 50.2 Å². The highest BCUT2D eigenvalue weighted by molar-refractivity contribution is 5.01. The molecular weight excluding hydrogens is 228 g/mol. The van der Waals surface area contributed by atoms with Gasteiger partial charge in [0.25, 0.3) is 0 Å². The lowest BCUT2D eigenvalue weighted by atomic mass is 10.3. The molecule has 18 heavy (non-hydrogen) atoms. The molecular formula is C13H20N4O. The smallest absolute Gasteiger partial charge is 0.211 e. The van der Waals surface area contributed by atoms with Gasteiger partial charge >= 0.3 is 0 Å². The summed E-state index contributed by atoms with van der Waals surface area (Å²) in [5.41, 5.74) is 1.03. The Morgan fingerprint density at radius 1 is 1.39 bits per heavy atom. The SMILES string of the molecule is Cc1cnc(C(C)NCc2ccn(C(C)C)n2)o1. The van der Waals surface area contributed by atoms with Crippen LogP contribution in [0.5, 0.6) is 0 Å². The predicted octanol–water partition coefficient (Wildman–Crippen LogP) is 2.61. The quantitative estimate of drug-likeness (QED) is 0.883. The molecule has 0 aliphatic carbocycles. The summed E-state index contributed by atoms with van der Waals surface area (Å²) in [7, 11) is 0. The number of aryl methyl sites for hydroxylation is 1. The van der Waals surface area contributed by atoms with E-state index in [1.54, 1.807) is 6.20 Å². The van der Waals surface area contributed by atoms with Gasteiger partial charge in [-0.05, 0) is 33.8 Å². The number of nitrogens with zero attached hydrogens (tertiary/aromatic N) is 3. The molecule has 5 heteroatoms. The van der Waals surface area contributed by atoms with Gasteiger partial charge in [-0.2, -0.15) is 5.10 Å². The topological polar surface area (TPSA) is 55.9 Å². The summed E-state index contributed by atoms with van der Waals surface area (Å²) < 4.78 is 7.43. The molecule has 0 spiro atoms. The van der Waals surface area contributed by atoms with E-state index in [9.17, 15) is 0 Å². The Kier molecular flexibility index (Phi) is 3.81. The molecule has 0 saturated carbocycles. The van der Waals surface area contributed by atoms with Crippen molar-refractivity contribution in [1.82, 2.24) is 20.1 Å². The van der Waals surface area contributed by atoms with Gasteiger partial charge in [0.2, 0.25) is 5.89 Å². The van der Waals surface area contributed by atoms with Gasteiger partial charge in [0.15, 0.2) is 0 Å². The maximum Gasteiger partial charge on any atom is 0.211 e. The molecule has 1 unspecified atom stereocenters. The molecule has 1 atom stereocenters. The first-order chi connectivity index (χ1) is 8.56. The van der Waals surface area contributed by atoms with E-state index >= 15 is 0 Å². The van der Waals surface area contributed by atoms with Crippen LogP contribution in [0, 0.1) is 6.92 Å². The van der Waals surface area contributed by atoms with Crippen LogP contribution >= 0.6 is 0 Å². The van der Waals surface area contributed by atoms with Crippen molar-refractivity contribution in [3.05, 3.63) is 35.8 Å². The van der Waals surface area contributed by atoms with Gasteiger partial charge in [0.05, 0.1) is 17.9 Å². The van der Waals surface area contributed by atoms with Crippen molar-refractivity contribution in [2.75, 3.05) is 0 Å². The summed E-state index contributed by atoms with van der Waals surface area (Å²) in [4.78, 5) is 4.21. The van der Waals surface area contributed by atoms with Crippen LogP contribution in [0.4, 0.5) is 0 Å². The zero-order valence-electron chi connectivity index (χ0n) is 11.3. The largest absolute Gasteiger partial charge is 0.444 e. The van der Waals surface area contributed by atoms with Gasteiger partial charge in [0.1, 0.15) is 5.76 Å². The van der Waals surface area contributed by atoms with E-state index in [0.717, 1.165) is 17.3 Å². The highest BCUT2D eigenvalue weighted by atomic mass is 16.4.